The van der Waals surface area contributed by atoms with Gasteiger partial charge in [-0.3, -0.25) is 0 Å². The molecule has 0 aliphatic rings. The lowest BCUT2D eigenvalue weighted by molar-refractivity contribution is 0.591. The van der Waals surface area contributed by atoms with Crippen LogP contribution in [0, 0.1) is 6.92 Å². The van der Waals surface area contributed by atoms with E-state index in [2.05, 4.69) is 58.6 Å². The normalized spacial score (nSPS) is 10.8. The van der Waals surface area contributed by atoms with Crippen molar-refractivity contribution in [3.63, 3.8) is 0 Å². The van der Waals surface area contributed by atoms with E-state index in [0.29, 0.717) is 0 Å². The number of aryl methyl sites for hydroxylation is 1. The Morgan fingerprint density at radius 1 is 1.12 bits per heavy atom. The highest BCUT2D eigenvalue weighted by molar-refractivity contribution is 9.10. The van der Waals surface area contributed by atoms with E-state index in [1.807, 2.05) is 0 Å². The molecule has 0 aliphatic carbocycles. The summed E-state index contributed by atoms with van der Waals surface area (Å²) in [5.74, 6) is 0. The largest absolute Gasteiger partial charge is 0.317 e. The van der Waals surface area contributed by atoms with Gasteiger partial charge >= 0.3 is 0 Å². The molecular weight excluding hydrogens is 276 g/mol. The molecule has 0 saturated carbocycles. The molecule has 1 aromatic rings. The van der Waals surface area contributed by atoms with Gasteiger partial charge in [-0.05, 0) is 62.7 Å². The van der Waals surface area contributed by atoms with Crippen molar-refractivity contribution in [3.8, 4) is 0 Å². The number of halogens is 1. The van der Waals surface area contributed by atoms with Crippen LogP contribution >= 0.6 is 15.9 Å². The molecule has 0 aliphatic heterocycles. The second-order valence-electron chi connectivity index (χ2n) is 4.35. The Kier molecular flexibility index (Phi) is 7.49. The van der Waals surface area contributed by atoms with Crippen LogP contribution in [0.5, 0.6) is 0 Å². The Hall–Kier alpha value is -0.380. The summed E-state index contributed by atoms with van der Waals surface area (Å²) in [5, 5.41) is 6.89. The third-order valence-corrected chi connectivity index (χ3v) is 3.25. The van der Waals surface area contributed by atoms with E-state index in [-0.39, 0.29) is 0 Å². The minimum atomic E-state index is 0.957. The fraction of sp³-hybridized carbons (Fsp3) is 0.571. The summed E-state index contributed by atoms with van der Waals surface area (Å²) in [6.45, 7) is 8.62. The zero-order chi connectivity index (χ0) is 12.5. The number of hydrogen-bond acceptors (Lipinski definition) is 2. The minimum absolute atomic E-state index is 0.957. The number of rotatable bonds is 8. The van der Waals surface area contributed by atoms with Gasteiger partial charge in [-0.2, -0.15) is 0 Å². The first-order valence-corrected chi connectivity index (χ1v) is 7.19. The molecule has 0 aromatic heterocycles. The molecule has 0 bridgehead atoms. The molecule has 0 fully saturated rings. The third kappa shape index (κ3) is 6.20. The maximum atomic E-state index is 3.51. The lowest BCUT2D eigenvalue weighted by Gasteiger charge is -2.08. The van der Waals surface area contributed by atoms with Gasteiger partial charge in [0.1, 0.15) is 0 Å². The van der Waals surface area contributed by atoms with Gasteiger partial charge in [0.05, 0.1) is 0 Å². The van der Waals surface area contributed by atoms with E-state index in [9.17, 15) is 0 Å². The summed E-state index contributed by atoms with van der Waals surface area (Å²) >= 11 is 3.51. The van der Waals surface area contributed by atoms with Crippen LogP contribution in [0.25, 0.3) is 0 Å². The smallest absolute Gasteiger partial charge is 0.0208 e. The SMILES string of the molecule is CCCNCCCNCc1cc(Br)ccc1C. The van der Waals surface area contributed by atoms with Gasteiger partial charge in [0.15, 0.2) is 0 Å². The number of hydrogen-bond donors (Lipinski definition) is 2. The van der Waals surface area contributed by atoms with Crippen molar-refractivity contribution in [2.45, 2.75) is 33.2 Å². The molecule has 0 atom stereocenters. The van der Waals surface area contributed by atoms with Crippen molar-refractivity contribution < 1.29 is 0 Å². The van der Waals surface area contributed by atoms with E-state index < -0.39 is 0 Å². The van der Waals surface area contributed by atoms with Crippen molar-refractivity contribution in [1.29, 1.82) is 0 Å². The second-order valence-corrected chi connectivity index (χ2v) is 5.27. The van der Waals surface area contributed by atoms with Crippen LogP contribution in [0.1, 0.15) is 30.9 Å². The standard InChI is InChI=1S/C14H23BrN2/c1-3-7-16-8-4-9-17-11-13-10-14(15)6-5-12(13)2/h5-6,10,16-17H,3-4,7-9,11H2,1-2H3. The topological polar surface area (TPSA) is 24.1 Å². The molecule has 3 heteroatoms. The van der Waals surface area contributed by atoms with Gasteiger partial charge in [0, 0.05) is 11.0 Å². The summed E-state index contributed by atoms with van der Waals surface area (Å²) in [7, 11) is 0. The van der Waals surface area contributed by atoms with Crippen LogP contribution in [0.2, 0.25) is 0 Å². The van der Waals surface area contributed by atoms with Crippen molar-refractivity contribution in [2.75, 3.05) is 19.6 Å². The zero-order valence-corrected chi connectivity index (χ0v) is 12.4. The molecule has 17 heavy (non-hydrogen) atoms. The Morgan fingerprint density at radius 2 is 1.88 bits per heavy atom. The fourth-order valence-corrected chi connectivity index (χ4v) is 2.10. The Balaban J connectivity index is 2.15. The van der Waals surface area contributed by atoms with E-state index in [0.717, 1.165) is 30.7 Å². The van der Waals surface area contributed by atoms with Gasteiger partial charge < -0.3 is 10.6 Å². The van der Waals surface area contributed by atoms with Gasteiger partial charge in [-0.25, -0.2) is 0 Å². The van der Waals surface area contributed by atoms with Crippen LogP contribution in [-0.4, -0.2) is 19.6 Å². The van der Waals surface area contributed by atoms with Crippen LogP contribution in [-0.2, 0) is 6.54 Å². The van der Waals surface area contributed by atoms with Gasteiger partial charge in [0.25, 0.3) is 0 Å². The number of benzene rings is 1. The summed E-state index contributed by atoms with van der Waals surface area (Å²) in [5.41, 5.74) is 2.73. The molecule has 2 nitrogen and oxygen atoms in total. The molecule has 2 N–H and O–H groups in total. The van der Waals surface area contributed by atoms with Gasteiger partial charge in [-0.1, -0.05) is 28.9 Å². The lowest BCUT2D eigenvalue weighted by atomic mass is 10.1. The lowest BCUT2D eigenvalue weighted by Crippen LogP contribution is -2.22. The summed E-state index contributed by atoms with van der Waals surface area (Å²) in [4.78, 5) is 0. The first-order chi connectivity index (χ1) is 8.24. The van der Waals surface area contributed by atoms with Crippen molar-refractivity contribution in [3.05, 3.63) is 33.8 Å². The monoisotopic (exact) mass is 298 g/mol. The van der Waals surface area contributed by atoms with E-state index >= 15 is 0 Å². The predicted octanol–water partition coefficient (Wildman–Crippen LogP) is 3.24. The van der Waals surface area contributed by atoms with E-state index in [4.69, 9.17) is 0 Å². The van der Waals surface area contributed by atoms with Crippen LogP contribution in [0.15, 0.2) is 22.7 Å². The van der Waals surface area contributed by atoms with Crippen molar-refractivity contribution in [2.24, 2.45) is 0 Å². The quantitative estimate of drug-likeness (QED) is 0.720. The molecule has 1 rings (SSSR count). The van der Waals surface area contributed by atoms with Crippen molar-refractivity contribution >= 4 is 15.9 Å². The molecule has 0 heterocycles. The average molecular weight is 299 g/mol. The number of nitrogens with one attached hydrogen (secondary N) is 2. The Bertz CT molecular complexity index is 326. The molecule has 0 radical (unpaired) electrons. The molecule has 0 amide bonds. The maximum absolute atomic E-state index is 3.51. The summed E-state index contributed by atoms with van der Waals surface area (Å²) < 4.78 is 1.16. The molecule has 0 unspecified atom stereocenters. The second kappa shape index (κ2) is 8.67. The van der Waals surface area contributed by atoms with Crippen LogP contribution in [0.3, 0.4) is 0 Å². The fourth-order valence-electron chi connectivity index (χ4n) is 1.69. The molecule has 1 aromatic carbocycles. The van der Waals surface area contributed by atoms with Crippen molar-refractivity contribution in [1.82, 2.24) is 10.6 Å². The van der Waals surface area contributed by atoms with Gasteiger partial charge in [0.2, 0.25) is 0 Å². The van der Waals surface area contributed by atoms with E-state index in [1.165, 1.54) is 24.0 Å². The molecule has 96 valence electrons. The molecule has 0 saturated heterocycles. The highest BCUT2D eigenvalue weighted by Gasteiger charge is 1.98. The van der Waals surface area contributed by atoms with Crippen LogP contribution in [0.4, 0.5) is 0 Å². The summed E-state index contributed by atoms with van der Waals surface area (Å²) in [6.07, 6.45) is 2.40. The predicted molar refractivity (Wildman–Crippen MR) is 78.4 cm³/mol. The van der Waals surface area contributed by atoms with Gasteiger partial charge in [-0.15, -0.1) is 0 Å². The van der Waals surface area contributed by atoms with Crippen LogP contribution < -0.4 is 10.6 Å². The summed E-state index contributed by atoms with van der Waals surface area (Å²) in [6, 6.07) is 6.44. The maximum Gasteiger partial charge on any atom is 0.0208 e. The average Bonchev–Trinajstić information content (AvgIpc) is 2.32. The Labute approximate surface area is 113 Å². The Morgan fingerprint density at radius 3 is 2.65 bits per heavy atom. The highest BCUT2D eigenvalue weighted by atomic mass is 79.9. The first kappa shape index (κ1) is 14.7. The minimum Gasteiger partial charge on any atom is -0.317 e. The highest BCUT2D eigenvalue weighted by Crippen LogP contribution is 2.15. The molecular formula is C14H23BrN2. The van der Waals surface area contributed by atoms with E-state index in [1.54, 1.807) is 0 Å². The third-order valence-electron chi connectivity index (χ3n) is 2.76. The zero-order valence-electron chi connectivity index (χ0n) is 10.9. The first-order valence-electron chi connectivity index (χ1n) is 6.40. The molecule has 0 spiro atoms.